The summed E-state index contributed by atoms with van der Waals surface area (Å²) < 4.78 is 13.3. The quantitative estimate of drug-likeness (QED) is 0.908. The first-order valence-corrected chi connectivity index (χ1v) is 6.97. The number of rotatable bonds is 3. The number of nitriles is 1. The maximum atomic E-state index is 13.3. The average Bonchev–Trinajstić information content (AvgIpc) is 2.71. The highest BCUT2D eigenvalue weighted by Crippen LogP contribution is 2.39. The summed E-state index contributed by atoms with van der Waals surface area (Å²) in [5.74, 6) is -0.217. The molecule has 0 spiro atoms. The van der Waals surface area contributed by atoms with Crippen molar-refractivity contribution in [3.05, 3.63) is 40.0 Å². The van der Waals surface area contributed by atoms with Gasteiger partial charge in [-0.05, 0) is 42.2 Å². The zero-order valence-corrected chi connectivity index (χ0v) is 11.8. The van der Waals surface area contributed by atoms with Gasteiger partial charge in [0, 0.05) is 4.88 Å². The van der Waals surface area contributed by atoms with E-state index in [1.165, 1.54) is 17.4 Å². The van der Waals surface area contributed by atoms with Crippen molar-refractivity contribution in [2.75, 3.05) is 5.73 Å². The van der Waals surface area contributed by atoms with Crippen molar-refractivity contribution >= 4 is 17.0 Å². The number of aryl methyl sites for hydroxylation is 1. The lowest BCUT2D eigenvalue weighted by Crippen LogP contribution is -1.93. The number of hydrogen-bond acceptors (Lipinski definition) is 3. The van der Waals surface area contributed by atoms with E-state index in [1.54, 1.807) is 19.1 Å². The second-order valence-corrected chi connectivity index (χ2v) is 5.50. The van der Waals surface area contributed by atoms with Gasteiger partial charge in [0.05, 0.1) is 5.69 Å². The Morgan fingerprint density at radius 3 is 2.74 bits per heavy atom. The van der Waals surface area contributed by atoms with Gasteiger partial charge in [0.1, 0.15) is 16.8 Å². The number of halogens is 1. The lowest BCUT2D eigenvalue weighted by atomic mass is 10.0. The Morgan fingerprint density at radius 1 is 1.42 bits per heavy atom. The molecule has 0 radical (unpaired) electrons. The van der Waals surface area contributed by atoms with Crippen molar-refractivity contribution in [1.82, 2.24) is 0 Å². The van der Waals surface area contributed by atoms with Crippen LogP contribution in [0.4, 0.5) is 10.1 Å². The van der Waals surface area contributed by atoms with Crippen LogP contribution in [-0.4, -0.2) is 0 Å². The minimum atomic E-state index is -0.217. The largest absolute Gasteiger partial charge is 0.397 e. The molecule has 0 aliphatic rings. The molecule has 0 aliphatic carbocycles. The molecule has 2 aromatic rings. The minimum absolute atomic E-state index is 0.217. The normalized spacial score (nSPS) is 10.4. The number of thiophene rings is 1. The van der Waals surface area contributed by atoms with Crippen LogP contribution >= 0.6 is 11.3 Å². The third-order valence-corrected chi connectivity index (χ3v) is 4.27. The Balaban J connectivity index is 2.60. The van der Waals surface area contributed by atoms with Gasteiger partial charge in [-0.2, -0.15) is 5.26 Å². The molecule has 0 saturated carbocycles. The number of nitrogens with zero attached hydrogens (tertiary/aromatic N) is 1. The van der Waals surface area contributed by atoms with E-state index in [0.717, 1.165) is 28.8 Å². The molecule has 0 saturated heterocycles. The van der Waals surface area contributed by atoms with E-state index in [-0.39, 0.29) is 5.82 Å². The first-order valence-electron chi connectivity index (χ1n) is 6.16. The van der Waals surface area contributed by atoms with Gasteiger partial charge in [0.15, 0.2) is 0 Å². The van der Waals surface area contributed by atoms with Gasteiger partial charge < -0.3 is 5.73 Å². The molecule has 0 aliphatic heterocycles. The molecule has 0 atom stereocenters. The van der Waals surface area contributed by atoms with E-state index < -0.39 is 0 Å². The Hall–Kier alpha value is -1.86. The van der Waals surface area contributed by atoms with Crippen LogP contribution in [0.3, 0.4) is 0 Å². The van der Waals surface area contributed by atoms with Crippen molar-refractivity contribution in [2.24, 2.45) is 0 Å². The van der Waals surface area contributed by atoms with Crippen LogP contribution in [0.5, 0.6) is 0 Å². The van der Waals surface area contributed by atoms with E-state index >= 15 is 0 Å². The molecule has 4 heteroatoms. The Bertz CT molecular complexity index is 653. The summed E-state index contributed by atoms with van der Waals surface area (Å²) in [7, 11) is 0. The van der Waals surface area contributed by atoms with E-state index in [9.17, 15) is 4.39 Å². The molecular weight excluding hydrogens is 259 g/mol. The minimum Gasteiger partial charge on any atom is -0.397 e. The summed E-state index contributed by atoms with van der Waals surface area (Å²) in [6.07, 6.45) is 1.79. The molecule has 2 nitrogen and oxygen atoms in total. The number of anilines is 1. The van der Waals surface area contributed by atoms with E-state index in [0.29, 0.717) is 16.1 Å². The fourth-order valence-electron chi connectivity index (χ4n) is 2.08. The van der Waals surface area contributed by atoms with Crippen LogP contribution in [-0.2, 0) is 6.42 Å². The molecule has 1 heterocycles. The third-order valence-electron chi connectivity index (χ3n) is 3.07. The Morgan fingerprint density at radius 2 is 2.16 bits per heavy atom. The molecule has 0 unspecified atom stereocenters. The molecule has 0 amide bonds. The van der Waals surface area contributed by atoms with Crippen LogP contribution < -0.4 is 5.73 Å². The van der Waals surface area contributed by atoms with Crippen molar-refractivity contribution in [3.63, 3.8) is 0 Å². The van der Waals surface area contributed by atoms with Crippen molar-refractivity contribution < 1.29 is 4.39 Å². The van der Waals surface area contributed by atoms with E-state index in [4.69, 9.17) is 11.0 Å². The maximum absolute atomic E-state index is 13.3. The molecule has 2 N–H and O–H groups in total. The number of benzene rings is 1. The predicted molar refractivity (Wildman–Crippen MR) is 77.6 cm³/mol. The second-order valence-electron chi connectivity index (χ2n) is 4.48. The van der Waals surface area contributed by atoms with Crippen LogP contribution in [0, 0.1) is 24.1 Å². The summed E-state index contributed by atoms with van der Waals surface area (Å²) in [5.41, 5.74) is 9.14. The smallest absolute Gasteiger partial charge is 0.128 e. The highest BCUT2D eigenvalue weighted by atomic mass is 32.1. The van der Waals surface area contributed by atoms with Crippen molar-refractivity contribution in [2.45, 2.75) is 26.7 Å². The highest BCUT2D eigenvalue weighted by Gasteiger charge is 2.17. The van der Waals surface area contributed by atoms with Gasteiger partial charge in [0.25, 0.3) is 0 Å². The summed E-state index contributed by atoms with van der Waals surface area (Å²) in [5, 5.41) is 9.09. The predicted octanol–water partition coefficient (Wildman–Crippen LogP) is 4.27. The molecule has 2 rings (SSSR count). The lowest BCUT2D eigenvalue weighted by molar-refractivity contribution is 0.619. The molecule has 19 heavy (non-hydrogen) atoms. The van der Waals surface area contributed by atoms with Crippen LogP contribution in [0.2, 0.25) is 0 Å². The Kier molecular flexibility index (Phi) is 3.87. The molecule has 0 bridgehead atoms. The summed E-state index contributed by atoms with van der Waals surface area (Å²) in [4.78, 5) is 1.53. The zero-order chi connectivity index (χ0) is 14.0. The number of hydrogen-bond donors (Lipinski definition) is 1. The molecular formula is C15H15FN2S. The fraction of sp³-hybridized carbons (Fsp3) is 0.267. The fourth-order valence-corrected chi connectivity index (χ4v) is 3.14. The van der Waals surface area contributed by atoms with Crippen molar-refractivity contribution in [3.8, 4) is 16.5 Å². The van der Waals surface area contributed by atoms with Gasteiger partial charge in [-0.3, -0.25) is 0 Å². The monoisotopic (exact) mass is 274 g/mol. The first kappa shape index (κ1) is 13.6. The molecule has 1 aromatic carbocycles. The zero-order valence-electron chi connectivity index (χ0n) is 11.0. The maximum Gasteiger partial charge on any atom is 0.128 e. The first-order chi connectivity index (χ1) is 9.08. The third kappa shape index (κ3) is 2.47. The molecule has 0 fully saturated rings. The number of nitrogen functional groups attached to an aromatic ring is 1. The summed E-state index contributed by atoms with van der Waals surface area (Å²) in [6.45, 7) is 3.81. The van der Waals surface area contributed by atoms with Gasteiger partial charge in [0.2, 0.25) is 0 Å². The van der Waals surface area contributed by atoms with Gasteiger partial charge >= 0.3 is 0 Å². The highest BCUT2D eigenvalue weighted by molar-refractivity contribution is 7.16. The van der Waals surface area contributed by atoms with Gasteiger partial charge in [-0.25, -0.2) is 4.39 Å². The van der Waals surface area contributed by atoms with Crippen LogP contribution in [0.15, 0.2) is 18.2 Å². The van der Waals surface area contributed by atoms with Gasteiger partial charge in [-0.1, -0.05) is 19.4 Å². The topological polar surface area (TPSA) is 49.8 Å². The second kappa shape index (κ2) is 5.41. The molecule has 98 valence electrons. The average molecular weight is 274 g/mol. The SMILES string of the molecule is CCCc1c(-c2ccc(F)c(C)c2)sc(C#N)c1N. The van der Waals surface area contributed by atoms with E-state index in [2.05, 4.69) is 13.0 Å². The van der Waals surface area contributed by atoms with Crippen LogP contribution in [0.1, 0.15) is 29.3 Å². The van der Waals surface area contributed by atoms with Crippen molar-refractivity contribution in [1.29, 1.82) is 5.26 Å². The van der Waals surface area contributed by atoms with Crippen LogP contribution in [0.25, 0.3) is 10.4 Å². The summed E-state index contributed by atoms with van der Waals surface area (Å²) >= 11 is 1.39. The van der Waals surface area contributed by atoms with Gasteiger partial charge in [-0.15, -0.1) is 11.3 Å². The Labute approximate surface area is 116 Å². The standard InChI is InChI=1S/C15H15FN2S/c1-3-4-11-14(18)13(8-17)19-15(11)10-5-6-12(16)9(2)7-10/h5-7H,3-4,18H2,1-2H3. The molecule has 1 aromatic heterocycles. The summed E-state index contributed by atoms with van der Waals surface area (Å²) in [6, 6.07) is 7.14. The number of nitrogens with two attached hydrogens (primary N) is 1. The lowest BCUT2D eigenvalue weighted by Gasteiger charge is -2.05. The van der Waals surface area contributed by atoms with E-state index in [1.807, 2.05) is 0 Å².